The summed E-state index contributed by atoms with van der Waals surface area (Å²) in [4.78, 5) is -0.492. The van der Waals surface area contributed by atoms with Crippen molar-refractivity contribution in [3.8, 4) is 5.75 Å². The second-order valence-corrected chi connectivity index (χ2v) is 6.19. The Kier molecular flexibility index (Phi) is 5.74. The number of nitrogens with zero attached hydrogens (tertiary/aromatic N) is 2. The van der Waals surface area contributed by atoms with E-state index in [-0.39, 0.29) is 41.0 Å². The number of benzene rings is 3. The van der Waals surface area contributed by atoms with Crippen LogP contribution in [0.15, 0.2) is 75.8 Å². The van der Waals surface area contributed by atoms with Crippen molar-refractivity contribution in [2.75, 3.05) is 0 Å². The third kappa shape index (κ3) is 3.82. The summed E-state index contributed by atoms with van der Waals surface area (Å²) in [6, 6.07) is 16.6. The third-order valence-electron chi connectivity index (χ3n) is 3.26. The van der Waals surface area contributed by atoms with Gasteiger partial charge in [-0.15, -0.1) is 5.11 Å². The van der Waals surface area contributed by atoms with E-state index in [1.54, 1.807) is 54.6 Å². The first-order valence-corrected chi connectivity index (χ1v) is 8.10. The summed E-state index contributed by atoms with van der Waals surface area (Å²) in [5.41, 5.74) is 0.191. The molecule has 0 heterocycles. The van der Waals surface area contributed by atoms with Gasteiger partial charge in [-0.1, -0.05) is 42.5 Å². The number of fused-ring (bicyclic) bond motifs is 1. The Morgan fingerprint density at radius 1 is 0.875 bits per heavy atom. The zero-order chi connectivity index (χ0) is 16.4. The van der Waals surface area contributed by atoms with Crippen LogP contribution in [0.1, 0.15) is 0 Å². The smallest absolute Gasteiger partial charge is 0.505 e. The Bertz CT molecular complexity index is 1010. The Morgan fingerprint density at radius 2 is 1.50 bits per heavy atom. The molecule has 3 aromatic carbocycles. The van der Waals surface area contributed by atoms with Gasteiger partial charge in [0.15, 0.2) is 5.75 Å². The van der Waals surface area contributed by atoms with Gasteiger partial charge >= 0.3 is 29.6 Å². The SMILES string of the molecule is O=S(=O)(O)c1cc2ccccc2c(O)c1N=Nc1ccccc1.[Na+]. The summed E-state index contributed by atoms with van der Waals surface area (Å²) in [5.74, 6) is -0.351. The molecule has 0 saturated heterocycles. The number of rotatable bonds is 3. The molecule has 0 amide bonds. The topological polar surface area (TPSA) is 99.3 Å². The molecule has 116 valence electrons. The van der Waals surface area contributed by atoms with Gasteiger partial charge in [-0.2, -0.15) is 13.5 Å². The summed E-state index contributed by atoms with van der Waals surface area (Å²) in [5, 5.41) is 19.0. The van der Waals surface area contributed by atoms with Crippen LogP contribution in [-0.2, 0) is 10.1 Å². The van der Waals surface area contributed by atoms with Gasteiger partial charge in [0, 0.05) is 5.39 Å². The molecule has 3 aromatic rings. The van der Waals surface area contributed by atoms with Crippen LogP contribution >= 0.6 is 0 Å². The van der Waals surface area contributed by atoms with Crippen LogP contribution in [0.5, 0.6) is 5.75 Å². The van der Waals surface area contributed by atoms with Crippen LogP contribution in [0.3, 0.4) is 0 Å². The van der Waals surface area contributed by atoms with E-state index in [9.17, 15) is 18.1 Å². The van der Waals surface area contributed by atoms with Gasteiger partial charge < -0.3 is 5.11 Å². The van der Waals surface area contributed by atoms with Crippen LogP contribution in [0.2, 0.25) is 0 Å². The first kappa shape index (κ1) is 18.6. The Labute approximate surface area is 160 Å². The standard InChI is InChI=1S/C16H12N2O4S.Na/c19-16-13-9-5-4-6-11(13)10-14(23(20,21)22)15(16)18-17-12-7-2-1-3-8-12;/h1-10,19H,(H,20,21,22);/q;+1. The maximum Gasteiger partial charge on any atom is 1.00 e. The molecule has 0 saturated carbocycles. The van der Waals surface area contributed by atoms with Crippen LogP contribution in [0.4, 0.5) is 11.4 Å². The quantitative estimate of drug-likeness (QED) is 0.421. The van der Waals surface area contributed by atoms with Gasteiger partial charge in [-0.05, 0) is 23.6 Å². The summed E-state index contributed by atoms with van der Waals surface area (Å²) in [6.07, 6.45) is 0. The first-order valence-electron chi connectivity index (χ1n) is 6.66. The van der Waals surface area contributed by atoms with Crippen molar-refractivity contribution in [1.82, 2.24) is 0 Å². The van der Waals surface area contributed by atoms with E-state index in [0.29, 0.717) is 16.5 Å². The molecule has 0 aliphatic rings. The van der Waals surface area contributed by atoms with Gasteiger partial charge in [-0.3, -0.25) is 4.55 Å². The van der Waals surface area contributed by atoms with E-state index in [0.717, 1.165) is 0 Å². The molecule has 0 atom stereocenters. The molecular formula is C16H12N2NaO4S+. The predicted octanol–water partition coefficient (Wildman–Crippen LogP) is 1.21. The molecule has 0 unspecified atom stereocenters. The van der Waals surface area contributed by atoms with E-state index >= 15 is 0 Å². The minimum atomic E-state index is -4.57. The maximum atomic E-state index is 11.6. The number of aromatic hydroxyl groups is 1. The molecule has 24 heavy (non-hydrogen) atoms. The molecule has 8 heteroatoms. The van der Waals surface area contributed by atoms with Crippen LogP contribution < -0.4 is 29.6 Å². The summed E-state index contributed by atoms with van der Waals surface area (Å²) >= 11 is 0. The Balaban J connectivity index is 0.00000208. The number of hydrogen-bond acceptors (Lipinski definition) is 5. The summed E-state index contributed by atoms with van der Waals surface area (Å²) < 4.78 is 32.6. The first-order chi connectivity index (χ1) is 11.0. The fourth-order valence-corrected chi connectivity index (χ4v) is 2.85. The number of phenolic OH excluding ortho intramolecular Hbond substituents is 1. The number of azo groups is 1. The predicted molar refractivity (Wildman–Crippen MR) is 86.0 cm³/mol. The maximum absolute atomic E-state index is 11.6. The van der Waals surface area contributed by atoms with E-state index in [1.807, 2.05) is 0 Å². The van der Waals surface area contributed by atoms with Gasteiger partial charge in [0.25, 0.3) is 10.1 Å². The molecule has 0 aliphatic carbocycles. The third-order valence-corrected chi connectivity index (χ3v) is 4.13. The molecule has 0 radical (unpaired) electrons. The fourth-order valence-electron chi connectivity index (χ4n) is 2.19. The summed E-state index contributed by atoms with van der Waals surface area (Å²) in [6.45, 7) is 0. The van der Waals surface area contributed by atoms with Crippen LogP contribution in [0.25, 0.3) is 10.8 Å². The van der Waals surface area contributed by atoms with Gasteiger partial charge in [0.05, 0.1) is 5.69 Å². The molecule has 0 aromatic heterocycles. The van der Waals surface area contributed by atoms with Crippen LogP contribution in [0, 0.1) is 0 Å². The van der Waals surface area contributed by atoms with Crippen molar-refractivity contribution < 1.29 is 47.6 Å². The second kappa shape index (κ2) is 7.42. The largest absolute Gasteiger partial charge is 1.00 e. The Morgan fingerprint density at radius 3 is 2.17 bits per heavy atom. The number of hydrogen-bond donors (Lipinski definition) is 2. The summed E-state index contributed by atoms with van der Waals surface area (Å²) in [7, 11) is -4.57. The molecule has 3 rings (SSSR count). The molecule has 6 nitrogen and oxygen atoms in total. The van der Waals surface area contributed by atoms with Gasteiger partial charge in [-0.25, -0.2) is 0 Å². The average molecular weight is 351 g/mol. The average Bonchev–Trinajstić information content (AvgIpc) is 2.54. The zero-order valence-corrected chi connectivity index (χ0v) is 15.6. The van der Waals surface area contributed by atoms with E-state index in [1.165, 1.54) is 6.07 Å². The Hall–Kier alpha value is -1.77. The zero-order valence-electron chi connectivity index (χ0n) is 12.8. The van der Waals surface area contributed by atoms with Crippen molar-refractivity contribution in [3.63, 3.8) is 0 Å². The fraction of sp³-hybridized carbons (Fsp3) is 0. The van der Waals surface area contributed by atoms with Crippen LogP contribution in [-0.4, -0.2) is 18.1 Å². The van der Waals surface area contributed by atoms with Crippen molar-refractivity contribution in [2.45, 2.75) is 4.90 Å². The van der Waals surface area contributed by atoms with E-state index in [2.05, 4.69) is 10.2 Å². The van der Waals surface area contributed by atoms with Crippen molar-refractivity contribution in [2.24, 2.45) is 10.2 Å². The van der Waals surface area contributed by atoms with E-state index in [4.69, 9.17) is 0 Å². The minimum Gasteiger partial charge on any atom is -0.505 e. The van der Waals surface area contributed by atoms with Gasteiger partial charge in [0.2, 0.25) is 0 Å². The molecule has 0 bridgehead atoms. The van der Waals surface area contributed by atoms with Crippen molar-refractivity contribution >= 4 is 32.3 Å². The molecule has 0 aliphatic heterocycles. The monoisotopic (exact) mass is 351 g/mol. The molecular weight excluding hydrogens is 339 g/mol. The van der Waals surface area contributed by atoms with Crippen molar-refractivity contribution in [3.05, 3.63) is 60.7 Å². The molecule has 0 fully saturated rings. The second-order valence-electron chi connectivity index (χ2n) is 4.80. The van der Waals surface area contributed by atoms with Gasteiger partial charge in [0.1, 0.15) is 10.6 Å². The number of phenols is 1. The molecule has 0 spiro atoms. The normalized spacial score (nSPS) is 11.5. The van der Waals surface area contributed by atoms with E-state index < -0.39 is 15.0 Å². The minimum absolute atomic E-state index is 0. The van der Waals surface area contributed by atoms with Crippen molar-refractivity contribution in [1.29, 1.82) is 0 Å². The molecule has 2 N–H and O–H groups in total.